The number of nitrogens with zero attached hydrogens (tertiary/aromatic N) is 3. The Labute approximate surface area is 180 Å². The van der Waals surface area contributed by atoms with Crippen LogP contribution in [0.15, 0.2) is 48.5 Å². The monoisotopic (exact) mass is 416 g/mol. The third-order valence-electron chi connectivity index (χ3n) is 5.50. The Bertz CT molecular complexity index is 1210. The van der Waals surface area contributed by atoms with Crippen molar-refractivity contribution in [2.24, 2.45) is 0 Å². The first-order valence-corrected chi connectivity index (χ1v) is 10.5. The number of para-hydroxylation sites is 2. The summed E-state index contributed by atoms with van der Waals surface area (Å²) >= 11 is 0. The normalized spacial score (nSPS) is 14.1. The van der Waals surface area contributed by atoms with Gasteiger partial charge in [-0.05, 0) is 37.1 Å². The van der Waals surface area contributed by atoms with E-state index in [0.29, 0.717) is 30.8 Å². The Morgan fingerprint density at radius 2 is 1.55 bits per heavy atom. The molecule has 4 N–H and O–H groups in total. The Morgan fingerprint density at radius 3 is 2.23 bits per heavy atom. The van der Waals surface area contributed by atoms with Gasteiger partial charge in [0, 0.05) is 5.69 Å². The lowest BCUT2D eigenvalue weighted by Crippen LogP contribution is -2.40. The molecule has 3 heterocycles. The van der Waals surface area contributed by atoms with Crippen molar-refractivity contribution >= 4 is 40.3 Å². The molecule has 8 heteroatoms. The highest BCUT2D eigenvalue weighted by Crippen LogP contribution is 2.26. The first-order valence-electron chi connectivity index (χ1n) is 10.5. The molecule has 1 fully saturated rings. The minimum absolute atomic E-state index is 0.646. The quantitative estimate of drug-likeness (QED) is 0.459. The zero-order chi connectivity index (χ0) is 21.2. The molecular formula is C23H26N7O+. The minimum atomic E-state index is 0.646. The molecule has 2 aromatic heterocycles. The number of benzene rings is 2. The molecule has 31 heavy (non-hydrogen) atoms. The maximum Gasteiger partial charge on any atom is 0.351 e. The molecule has 1 aliphatic rings. The predicted molar refractivity (Wildman–Crippen MR) is 122 cm³/mol. The Hall–Kier alpha value is -3.65. The summed E-state index contributed by atoms with van der Waals surface area (Å²) in [6.07, 6.45) is 0. The standard InChI is InChI=1S/C23H25N7O/c1-15-7-3-5-9-17(15)24-22-26-19-20(27-22)28-23(25-18-10-6-4-8-16(18)2)29-21(19)30-11-13-31-14-12-30/h3-10H,11-14H2,1-2H3,(H3,24,25,26,27,28,29)/p+1. The van der Waals surface area contributed by atoms with Gasteiger partial charge in [-0.1, -0.05) is 41.4 Å². The number of hydrogen-bond acceptors (Lipinski definition) is 6. The van der Waals surface area contributed by atoms with Crippen LogP contribution in [0.2, 0.25) is 0 Å². The van der Waals surface area contributed by atoms with Gasteiger partial charge in [-0.3, -0.25) is 5.32 Å². The van der Waals surface area contributed by atoms with Crippen LogP contribution in [0.1, 0.15) is 11.1 Å². The number of nitrogens with one attached hydrogen (secondary N) is 4. The molecule has 1 aliphatic heterocycles. The summed E-state index contributed by atoms with van der Waals surface area (Å²) in [6, 6.07) is 16.3. The van der Waals surface area contributed by atoms with Crippen LogP contribution in [0.4, 0.5) is 29.1 Å². The van der Waals surface area contributed by atoms with Gasteiger partial charge in [0.1, 0.15) is 0 Å². The topological polar surface area (TPSA) is 92.2 Å². The molecule has 0 aliphatic carbocycles. The van der Waals surface area contributed by atoms with Gasteiger partial charge in [0.15, 0.2) is 5.52 Å². The number of aryl methyl sites for hydroxylation is 2. The van der Waals surface area contributed by atoms with Crippen molar-refractivity contribution in [1.29, 1.82) is 0 Å². The lowest BCUT2D eigenvalue weighted by Gasteiger charge is -2.24. The van der Waals surface area contributed by atoms with Crippen LogP contribution in [-0.2, 0) is 4.74 Å². The van der Waals surface area contributed by atoms with E-state index in [1.54, 1.807) is 0 Å². The first-order chi connectivity index (χ1) is 15.2. The zero-order valence-electron chi connectivity index (χ0n) is 17.7. The highest BCUT2D eigenvalue weighted by molar-refractivity contribution is 5.85. The number of morpholine rings is 1. The van der Waals surface area contributed by atoms with Gasteiger partial charge in [-0.25, -0.2) is 4.98 Å². The molecule has 4 aromatic rings. The highest BCUT2D eigenvalue weighted by Gasteiger charge is 2.24. The van der Waals surface area contributed by atoms with Crippen LogP contribution in [-0.4, -0.2) is 41.3 Å². The average Bonchev–Trinajstić information content (AvgIpc) is 3.19. The van der Waals surface area contributed by atoms with Crippen molar-refractivity contribution < 1.29 is 9.72 Å². The van der Waals surface area contributed by atoms with Gasteiger partial charge < -0.3 is 19.9 Å². The molecule has 1 saturated heterocycles. The van der Waals surface area contributed by atoms with Gasteiger partial charge in [0.05, 0.1) is 32.0 Å². The van der Waals surface area contributed by atoms with Crippen LogP contribution >= 0.6 is 0 Å². The number of imidazole rings is 1. The average molecular weight is 417 g/mol. The molecule has 0 atom stereocenters. The molecule has 0 radical (unpaired) electrons. The smallest absolute Gasteiger partial charge is 0.351 e. The minimum Gasteiger partial charge on any atom is -0.376 e. The van der Waals surface area contributed by atoms with E-state index in [-0.39, 0.29) is 0 Å². The van der Waals surface area contributed by atoms with Crippen molar-refractivity contribution in [2.45, 2.75) is 13.8 Å². The van der Waals surface area contributed by atoms with Crippen LogP contribution in [0, 0.1) is 13.8 Å². The molecule has 0 spiro atoms. The van der Waals surface area contributed by atoms with Gasteiger partial charge in [0.25, 0.3) is 0 Å². The lowest BCUT2D eigenvalue weighted by molar-refractivity contribution is -0.349. The van der Waals surface area contributed by atoms with Crippen molar-refractivity contribution in [3.05, 3.63) is 59.7 Å². The second-order valence-corrected chi connectivity index (χ2v) is 7.70. The van der Waals surface area contributed by atoms with Crippen molar-refractivity contribution in [3.63, 3.8) is 0 Å². The van der Waals surface area contributed by atoms with Gasteiger partial charge in [-0.15, -0.1) is 0 Å². The van der Waals surface area contributed by atoms with Gasteiger partial charge in [-0.2, -0.15) is 4.98 Å². The summed E-state index contributed by atoms with van der Waals surface area (Å²) in [6.45, 7) is 7.14. The Morgan fingerprint density at radius 1 is 0.903 bits per heavy atom. The molecular weight excluding hydrogens is 390 g/mol. The van der Waals surface area contributed by atoms with Crippen LogP contribution in [0.5, 0.6) is 0 Å². The number of aromatic amines is 2. The summed E-state index contributed by atoms with van der Waals surface area (Å²) in [5.41, 5.74) is 5.83. The fraction of sp³-hybridized carbons (Fsp3) is 0.261. The van der Waals surface area contributed by atoms with E-state index in [1.165, 1.54) is 0 Å². The molecule has 2 aromatic carbocycles. The molecule has 158 valence electrons. The third-order valence-corrected chi connectivity index (χ3v) is 5.50. The zero-order valence-corrected chi connectivity index (χ0v) is 17.7. The van der Waals surface area contributed by atoms with E-state index >= 15 is 0 Å². The molecule has 0 bridgehead atoms. The number of aromatic nitrogens is 4. The van der Waals surface area contributed by atoms with E-state index in [0.717, 1.165) is 46.9 Å². The van der Waals surface area contributed by atoms with Crippen molar-refractivity contribution in [3.8, 4) is 0 Å². The molecule has 0 amide bonds. The number of anilines is 5. The maximum atomic E-state index is 5.55. The van der Waals surface area contributed by atoms with Crippen molar-refractivity contribution in [2.75, 3.05) is 41.8 Å². The van der Waals surface area contributed by atoms with E-state index < -0.39 is 0 Å². The van der Waals surface area contributed by atoms with E-state index in [4.69, 9.17) is 14.7 Å². The predicted octanol–water partition coefficient (Wildman–Crippen LogP) is 3.71. The molecule has 0 saturated carbocycles. The fourth-order valence-corrected chi connectivity index (χ4v) is 3.74. The fourth-order valence-electron chi connectivity index (χ4n) is 3.74. The summed E-state index contributed by atoms with van der Waals surface area (Å²) in [5, 5.41) is 6.80. The molecule has 8 nitrogen and oxygen atoms in total. The SMILES string of the molecule is Cc1ccccc1Nc1nc2nc(Nc3ccccc3C)[nH+]c(N3CCOCC3)c2[nH]1. The molecule has 5 rings (SSSR count). The summed E-state index contributed by atoms with van der Waals surface area (Å²) in [4.78, 5) is 18.6. The maximum absolute atomic E-state index is 5.55. The number of H-pyrrole nitrogens is 2. The number of rotatable bonds is 5. The molecule has 0 unspecified atom stereocenters. The van der Waals surface area contributed by atoms with Crippen molar-refractivity contribution in [1.82, 2.24) is 15.0 Å². The summed E-state index contributed by atoms with van der Waals surface area (Å²) in [7, 11) is 0. The highest BCUT2D eigenvalue weighted by atomic mass is 16.5. The summed E-state index contributed by atoms with van der Waals surface area (Å²) < 4.78 is 5.55. The van der Waals surface area contributed by atoms with Crippen LogP contribution < -0.4 is 20.5 Å². The van der Waals surface area contributed by atoms with Gasteiger partial charge in [0.2, 0.25) is 17.4 Å². The van der Waals surface area contributed by atoms with Gasteiger partial charge >= 0.3 is 5.95 Å². The number of hydrogen-bond donors (Lipinski definition) is 3. The Kier molecular flexibility index (Phi) is 5.13. The van der Waals surface area contributed by atoms with Crippen LogP contribution in [0.25, 0.3) is 11.2 Å². The second-order valence-electron chi connectivity index (χ2n) is 7.70. The largest absolute Gasteiger partial charge is 0.376 e. The number of fused-ring (bicyclic) bond motifs is 1. The van der Waals surface area contributed by atoms with Crippen LogP contribution in [0.3, 0.4) is 0 Å². The lowest BCUT2D eigenvalue weighted by atomic mass is 10.2. The third kappa shape index (κ3) is 4.02. The second kappa shape index (κ2) is 8.23. The first kappa shape index (κ1) is 19.3. The Balaban J connectivity index is 1.56. The van der Waals surface area contributed by atoms with E-state index in [2.05, 4.69) is 51.5 Å². The van der Waals surface area contributed by atoms with E-state index in [9.17, 15) is 0 Å². The van der Waals surface area contributed by atoms with E-state index in [1.807, 2.05) is 36.4 Å². The number of ether oxygens (including phenoxy) is 1. The summed E-state index contributed by atoms with van der Waals surface area (Å²) in [5.74, 6) is 2.26.